The van der Waals surface area contributed by atoms with Crippen LogP contribution in [0.1, 0.15) is 11.1 Å². The third kappa shape index (κ3) is 5.30. The Morgan fingerprint density at radius 3 is 2.38 bits per heavy atom. The second-order valence-electron chi connectivity index (χ2n) is 8.89. The van der Waals surface area contributed by atoms with Gasteiger partial charge in [-0.3, -0.25) is 14.9 Å². The summed E-state index contributed by atoms with van der Waals surface area (Å²) >= 11 is 0. The van der Waals surface area contributed by atoms with Gasteiger partial charge in [0, 0.05) is 5.56 Å². The Morgan fingerprint density at radius 1 is 0.950 bits per heavy atom. The number of nitrogens with one attached hydrogen (secondary N) is 1. The van der Waals surface area contributed by atoms with Gasteiger partial charge in [0.15, 0.2) is 0 Å². The van der Waals surface area contributed by atoms with Gasteiger partial charge in [0.2, 0.25) is 0 Å². The molecule has 0 spiro atoms. The van der Waals surface area contributed by atoms with Crippen molar-refractivity contribution < 1.29 is 19.2 Å². The molecule has 40 heavy (non-hydrogen) atoms. The number of hydrogen-bond donors (Lipinski definition) is 1. The van der Waals surface area contributed by atoms with Gasteiger partial charge in [-0.15, -0.1) is 0 Å². The summed E-state index contributed by atoms with van der Waals surface area (Å²) < 4.78 is 11.3. The van der Waals surface area contributed by atoms with E-state index in [1.807, 2.05) is 78.9 Å². The van der Waals surface area contributed by atoms with Crippen LogP contribution >= 0.6 is 0 Å². The van der Waals surface area contributed by atoms with E-state index in [1.54, 1.807) is 6.07 Å². The van der Waals surface area contributed by atoms with Crippen LogP contribution in [-0.2, 0) is 11.4 Å². The van der Waals surface area contributed by atoms with Crippen molar-refractivity contribution in [2.75, 3.05) is 12.4 Å². The van der Waals surface area contributed by atoms with Crippen LogP contribution in [0.3, 0.4) is 0 Å². The molecule has 0 fully saturated rings. The SMILES string of the molecule is COc1ccc(NC(=O)/C(C#N)=C/c2c(OCc3cccc4ccccc34)ccc3ccccc23)c([N+](=O)[O-])c1. The topological polar surface area (TPSA) is 114 Å². The number of benzene rings is 5. The number of rotatable bonds is 8. The molecule has 8 nitrogen and oxygen atoms in total. The number of carbonyl (C=O) groups excluding carboxylic acids is 1. The Balaban J connectivity index is 1.51. The van der Waals surface area contributed by atoms with Crippen molar-refractivity contribution in [1.29, 1.82) is 5.26 Å². The number of hydrogen-bond acceptors (Lipinski definition) is 6. The lowest BCUT2D eigenvalue weighted by molar-refractivity contribution is -0.384. The molecular formula is C32H23N3O5. The van der Waals surface area contributed by atoms with Crippen LogP contribution in [0.15, 0.2) is 103 Å². The van der Waals surface area contributed by atoms with Gasteiger partial charge in [-0.05, 0) is 51.4 Å². The van der Waals surface area contributed by atoms with Gasteiger partial charge in [-0.2, -0.15) is 5.26 Å². The molecule has 0 unspecified atom stereocenters. The molecule has 0 bridgehead atoms. The maximum Gasteiger partial charge on any atom is 0.296 e. The number of nitro benzene ring substituents is 1. The number of ether oxygens (including phenoxy) is 2. The van der Waals surface area contributed by atoms with Crippen LogP contribution < -0.4 is 14.8 Å². The fourth-order valence-corrected chi connectivity index (χ4v) is 4.50. The van der Waals surface area contributed by atoms with E-state index in [0.29, 0.717) is 11.3 Å². The Kier molecular flexibility index (Phi) is 7.38. The first-order valence-corrected chi connectivity index (χ1v) is 12.3. The summed E-state index contributed by atoms with van der Waals surface area (Å²) in [5.74, 6) is -0.0317. The van der Waals surface area contributed by atoms with E-state index in [1.165, 1.54) is 31.4 Å². The van der Waals surface area contributed by atoms with E-state index in [4.69, 9.17) is 9.47 Å². The molecule has 5 rings (SSSR count). The lowest BCUT2D eigenvalue weighted by Crippen LogP contribution is -2.14. The quantitative estimate of drug-likeness (QED) is 0.0998. The number of nitrogens with zero attached hydrogens (tertiary/aromatic N) is 2. The van der Waals surface area contributed by atoms with Crippen LogP contribution in [0.25, 0.3) is 27.6 Å². The third-order valence-corrected chi connectivity index (χ3v) is 6.50. The first kappa shape index (κ1) is 25.9. The second-order valence-corrected chi connectivity index (χ2v) is 8.89. The molecule has 5 aromatic rings. The third-order valence-electron chi connectivity index (χ3n) is 6.50. The minimum absolute atomic E-state index is 0.0534. The van der Waals surface area contributed by atoms with Crippen LogP contribution in [0.4, 0.5) is 11.4 Å². The minimum Gasteiger partial charge on any atom is -0.496 e. The Morgan fingerprint density at radius 2 is 1.65 bits per heavy atom. The van der Waals surface area contributed by atoms with Crippen molar-refractivity contribution in [2.24, 2.45) is 0 Å². The van der Waals surface area contributed by atoms with Gasteiger partial charge in [0.1, 0.15) is 35.4 Å². The van der Waals surface area contributed by atoms with Gasteiger partial charge in [0.05, 0.1) is 18.1 Å². The molecule has 5 aromatic carbocycles. The van der Waals surface area contributed by atoms with Crippen LogP contribution in [0, 0.1) is 21.4 Å². The number of methoxy groups -OCH3 is 1. The van der Waals surface area contributed by atoms with Crippen molar-refractivity contribution in [1.82, 2.24) is 0 Å². The number of nitriles is 1. The predicted octanol–water partition coefficient (Wildman–Crippen LogP) is 7.03. The van der Waals surface area contributed by atoms with Crippen LogP contribution in [0.2, 0.25) is 0 Å². The number of amides is 1. The van der Waals surface area contributed by atoms with E-state index >= 15 is 0 Å². The van der Waals surface area contributed by atoms with Crippen molar-refractivity contribution >= 4 is 44.9 Å². The zero-order chi connectivity index (χ0) is 28.1. The fourth-order valence-electron chi connectivity index (χ4n) is 4.50. The van der Waals surface area contributed by atoms with E-state index in [-0.39, 0.29) is 29.3 Å². The summed E-state index contributed by atoms with van der Waals surface area (Å²) in [6.07, 6.45) is 1.45. The summed E-state index contributed by atoms with van der Waals surface area (Å²) in [7, 11) is 1.39. The average Bonchev–Trinajstić information content (AvgIpc) is 2.99. The van der Waals surface area contributed by atoms with Crippen LogP contribution in [-0.4, -0.2) is 17.9 Å². The highest BCUT2D eigenvalue weighted by Crippen LogP contribution is 2.33. The summed E-state index contributed by atoms with van der Waals surface area (Å²) in [5.41, 5.74) is 0.897. The molecule has 1 N–H and O–H groups in total. The largest absolute Gasteiger partial charge is 0.496 e. The highest BCUT2D eigenvalue weighted by Gasteiger charge is 2.20. The molecule has 8 heteroatoms. The van der Waals surface area contributed by atoms with Gasteiger partial charge in [-0.25, -0.2) is 0 Å². The molecule has 0 saturated heterocycles. The number of carbonyl (C=O) groups is 1. The average molecular weight is 530 g/mol. The van der Waals surface area contributed by atoms with E-state index in [2.05, 4.69) is 5.32 Å². The maximum absolute atomic E-state index is 13.2. The lowest BCUT2D eigenvalue weighted by Gasteiger charge is -2.14. The summed E-state index contributed by atoms with van der Waals surface area (Å²) in [4.78, 5) is 24.1. The summed E-state index contributed by atoms with van der Waals surface area (Å²) in [6.45, 7) is 0.270. The molecule has 0 aliphatic carbocycles. The minimum atomic E-state index is -0.788. The first-order valence-electron chi connectivity index (χ1n) is 12.3. The molecule has 0 radical (unpaired) electrons. The zero-order valence-corrected chi connectivity index (χ0v) is 21.5. The molecular weight excluding hydrogens is 506 g/mol. The number of anilines is 1. The number of nitro groups is 1. The molecule has 0 saturated carbocycles. The lowest BCUT2D eigenvalue weighted by atomic mass is 10.0. The van der Waals surface area contributed by atoms with Crippen molar-refractivity contribution in [3.8, 4) is 17.6 Å². The van der Waals surface area contributed by atoms with E-state index < -0.39 is 10.8 Å². The highest BCUT2D eigenvalue weighted by atomic mass is 16.6. The van der Waals surface area contributed by atoms with Crippen molar-refractivity contribution in [3.05, 3.63) is 124 Å². The molecule has 0 aliphatic rings. The van der Waals surface area contributed by atoms with Crippen molar-refractivity contribution in [3.63, 3.8) is 0 Å². The molecule has 0 heterocycles. The Bertz CT molecular complexity index is 1830. The Labute approximate surface area is 229 Å². The van der Waals surface area contributed by atoms with E-state index in [0.717, 1.165) is 27.1 Å². The van der Waals surface area contributed by atoms with Crippen LogP contribution in [0.5, 0.6) is 11.5 Å². The fraction of sp³-hybridized carbons (Fsp3) is 0.0625. The first-order chi connectivity index (χ1) is 19.5. The summed E-state index contributed by atoms with van der Waals surface area (Å²) in [6, 6.07) is 31.3. The van der Waals surface area contributed by atoms with E-state index in [9.17, 15) is 20.2 Å². The standard InChI is InChI=1S/C32H23N3O5/c1-39-25-14-15-29(30(18-25)35(37)38)34-32(36)24(19-33)17-28-27-12-5-3-8-22(27)13-16-31(28)40-20-23-10-6-9-21-7-2-4-11-26(21)23/h2-18H,20H2,1H3,(H,34,36)/b24-17+. The second kappa shape index (κ2) is 11.4. The normalized spacial score (nSPS) is 11.2. The predicted molar refractivity (Wildman–Crippen MR) is 154 cm³/mol. The monoisotopic (exact) mass is 529 g/mol. The van der Waals surface area contributed by atoms with Gasteiger partial charge in [0.25, 0.3) is 11.6 Å². The molecule has 0 aliphatic heterocycles. The Hall–Kier alpha value is -5.68. The summed E-state index contributed by atoms with van der Waals surface area (Å²) in [5, 5.41) is 27.8. The molecule has 0 aromatic heterocycles. The number of fused-ring (bicyclic) bond motifs is 2. The van der Waals surface area contributed by atoms with Crippen molar-refractivity contribution in [2.45, 2.75) is 6.61 Å². The molecule has 1 amide bonds. The zero-order valence-electron chi connectivity index (χ0n) is 21.5. The highest BCUT2D eigenvalue weighted by molar-refractivity contribution is 6.12. The van der Waals surface area contributed by atoms with Gasteiger partial charge < -0.3 is 14.8 Å². The van der Waals surface area contributed by atoms with Gasteiger partial charge >= 0.3 is 0 Å². The van der Waals surface area contributed by atoms with Gasteiger partial charge in [-0.1, -0.05) is 72.8 Å². The molecule has 196 valence electrons. The smallest absolute Gasteiger partial charge is 0.296 e. The maximum atomic E-state index is 13.2. The molecule has 0 atom stereocenters.